The summed E-state index contributed by atoms with van der Waals surface area (Å²) in [4.78, 5) is 0. The first-order valence-corrected chi connectivity index (χ1v) is 5.65. The Balaban J connectivity index is 2.40. The van der Waals surface area contributed by atoms with Gasteiger partial charge in [0.1, 0.15) is 0 Å². The van der Waals surface area contributed by atoms with E-state index in [0.29, 0.717) is 0 Å². The minimum Gasteiger partial charge on any atom is -0.375 e. The first-order chi connectivity index (χ1) is 5.50. The van der Waals surface area contributed by atoms with Crippen molar-refractivity contribution in [2.24, 2.45) is 5.92 Å². The number of aliphatic hydroxyl groups is 1. The topological polar surface area (TPSA) is 74.6 Å². The summed E-state index contributed by atoms with van der Waals surface area (Å²) in [7, 11) is -4.23. The fourth-order valence-electron chi connectivity index (χ4n) is 1.65. The van der Waals surface area contributed by atoms with E-state index in [9.17, 15) is 8.42 Å². The Bertz CT molecular complexity index is 228. The van der Waals surface area contributed by atoms with Crippen LogP contribution in [0.25, 0.3) is 0 Å². The predicted octanol–water partition coefficient (Wildman–Crippen LogP) is 0.773. The molecule has 0 spiro atoms. The van der Waals surface area contributed by atoms with Gasteiger partial charge >= 0.3 is 0 Å². The molecule has 0 aliphatic heterocycles. The normalized spacial score (nSPS) is 22.8. The van der Waals surface area contributed by atoms with Crippen LogP contribution in [-0.2, 0) is 10.1 Å². The average Bonchev–Trinajstić information content (AvgIpc) is 2.37. The van der Waals surface area contributed by atoms with Gasteiger partial charge in [-0.05, 0) is 12.3 Å². The van der Waals surface area contributed by atoms with Crippen molar-refractivity contribution >= 4 is 10.1 Å². The lowest BCUT2D eigenvalue weighted by Gasteiger charge is -2.11. The van der Waals surface area contributed by atoms with Crippen LogP contribution in [0.3, 0.4) is 0 Å². The van der Waals surface area contributed by atoms with Crippen molar-refractivity contribution in [3.63, 3.8) is 0 Å². The summed E-state index contributed by atoms with van der Waals surface area (Å²) < 4.78 is 29.3. The van der Waals surface area contributed by atoms with Gasteiger partial charge in [-0.25, -0.2) is 0 Å². The molecule has 0 aromatic heterocycles. The molecule has 72 valence electrons. The van der Waals surface area contributed by atoms with Crippen LogP contribution in [0.5, 0.6) is 0 Å². The van der Waals surface area contributed by atoms with Gasteiger partial charge in [0.25, 0.3) is 10.1 Å². The summed E-state index contributed by atoms with van der Waals surface area (Å²) in [6.45, 7) is 0. The van der Waals surface area contributed by atoms with Gasteiger partial charge in [-0.1, -0.05) is 25.7 Å². The van der Waals surface area contributed by atoms with Crippen LogP contribution < -0.4 is 0 Å². The Labute approximate surface area is 72.3 Å². The van der Waals surface area contributed by atoms with Crippen LogP contribution in [0.15, 0.2) is 0 Å². The highest BCUT2D eigenvalue weighted by Crippen LogP contribution is 2.29. The molecule has 0 heterocycles. The van der Waals surface area contributed by atoms with Gasteiger partial charge in [0.05, 0.1) is 0 Å². The van der Waals surface area contributed by atoms with E-state index in [-0.39, 0.29) is 12.3 Å². The molecule has 1 rings (SSSR count). The van der Waals surface area contributed by atoms with Crippen molar-refractivity contribution in [3.8, 4) is 0 Å². The SMILES string of the molecule is O=S(=O)(O)[C@H](O)CC1CCCC1. The van der Waals surface area contributed by atoms with Crippen LogP contribution in [0.1, 0.15) is 32.1 Å². The molecule has 4 nitrogen and oxygen atoms in total. The molecule has 0 saturated heterocycles. The fraction of sp³-hybridized carbons (Fsp3) is 1.00. The second-order valence-electron chi connectivity index (χ2n) is 3.36. The minimum absolute atomic E-state index is 0.179. The molecule has 0 unspecified atom stereocenters. The number of rotatable bonds is 3. The molecule has 5 heteroatoms. The summed E-state index contributed by atoms with van der Waals surface area (Å²) in [5.74, 6) is 0.266. The molecule has 1 saturated carbocycles. The Kier molecular flexibility index (Phi) is 3.09. The minimum atomic E-state index is -4.23. The van der Waals surface area contributed by atoms with Gasteiger partial charge in [0.15, 0.2) is 5.44 Å². The smallest absolute Gasteiger partial charge is 0.291 e. The standard InChI is InChI=1S/C7H14O4S/c8-7(12(9,10)11)5-6-3-1-2-4-6/h6-8H,1-5H2,(H,9,10,11)/t7-/m0/s1. The molecule has 0 radical (unpaired) electrons. The van der Waals surface area contributed by atoms with Gasteiger partial charge in [-0.2, -0.15) is 8.42 Å². The van der Waals surface area contributed by atoms with Crippen molar-refractivity contribution in [2.75, 3.05) is 0 Å². The number of aliphatic hydroxyl groups excluding tert-OH is 1. The van der Waals surface area contributed by atoms with Crippen LogP contribution in [0.4, 0.5) is 0 Å². The van der Waals surface area contributed by atoms with E-state index in [2.05, 4.69) is 0 Å². The summed E-state index contributed by atoms with van der Waals surface area (Å²) >= 11 is 0. The third-order valence-electron chi connectivity index (χ3n) is 2.35. The Morgan fingerprint density at radius 2 is 1.83 bits per heavy atom. The Morgan fingerprint density at radius 3 is 2.25 bits per heavy atom. The Hall–Kier alpha value is -0.130. The van der Waals surface area contributed by atoms with Crippen LogP contribution in [0.2, 0.25) is 0 Å². The maximum absolute atomic E-state index is 10.4. The third-order valence-corrected chi connectivity index (χ3v) is 3.23. The molecule has 0 bridgehead atoms. The van der Waals surface area contributed by atoms with Gasteiger partial charge in [-0.3, -0.25) is 4.55 Å². The van der Waals surface area contributed by atoms with E-state index >= 15 is 0 Å². The molecule has 0 amide bonds. The lowest BCUT2D eigenvalue weighted by Crippen LogP contribution is -2.22. The summed E-state index contributed by atoms with van der Waals surface area (Å²) in [6, 6.07) is 0. The zero-order valence-corrected chi connectivity index (χ0v) is 7.63. The molecular weight excluding hydrogens is 180 g/mol. The van der Waals surface area contributed by atoms with Crippen molar-refractivity contribution in [1.82, 2.24) is 0 Å². The van der Waals surface area contributed by atoms with E-state index in [4.69, 9.17) is 9.66 Å². The fourth-order valence-corrected chi connectivity index (χ4v) is 2.17. The first-order valence-electron chi connectivity index (χ1n) is 4.14. The highest BCUT2D eigenvalue weighted by Gasteiger charge is 2.25. The molecular formula is C7H14O4S. The molecule has 1 aliphatic rings. The maximum Gasteiger partial charge on any atom is 0.291 e. The van der Waals surface area contributed by atoms with E-state index in [1.165, 1.54) is 0 Å². The van der Waals surface area contributed by atoms with Crippen molar-refractivity contribution < 1.29 is 18.1 Å². The molecule has 2 N–H and O–H groups in total. The largest absolute Gasteiger partial charge is 0.375 e. The van der Waals surface area contributed by atoms with Crippen molar-refractivity contribution in [3.05, 3.63) is 0 Å². The lowest BCUT2D eigenvalue weighted by atomic mass is 10.1. The van der Waals surface area contributed by atoms with E-state index in [1.54, 1.807) is 0 Å². The van der Waals surface area contributed by atoms with Gasteiger partial charge in [-0.15, -0.1) is 0 Å². The molecule has 0 aromatic rings. The summed E-state index contributed by atoms with van der Waals surface area (Å²) in [5.41, 5.74) is -1.58. The van der Waals surface area contributed by atoms with Crippen LogP contribution in [0, 0.1) is 5.92 Å². The summed E-state index contributed by atoms with van der Waals surface area (Å²) in [6.07, 6.45) is 4.31. The molecule has 12 heavy (non-hydrogen) atoms. The van der Waals surface area contributed by atoms with Crippen LogP contribution in [-0.4, -0.2) is 23.5 Å². The van der Waals surface area contributed by atoms with Gasteiger partial charge in [0.2, 0.25) is 0 Å². The first kappa shape index (κ1) is 9.95. The van der Waals surface area contributed by atoms with E-state index in [0.717, 1.165) is 25.7 Å². The number of hydrogen-bond donors (Lipinski definition) is 2. The maximum atomic E-state index is 10.4. The van der Waals surface area contributed by atoms with Gasteiger partial charge in [0, 0.05) is 0 Å². The second-order valence-corrected chi connectivity index (χ2v) is 4.93. The van der Waals surface area contributed by atoms with Gasteiger partial charge < -0.3 is 5.11 Å². The zero-order chi connectivity index (χ0) is 9.19. The Morgan fingerprint density at radius 1 is 1.33 bits per heavy atom. The molecule has 1 aliphatic carbocycles. The molecule has 1 fully saturated rings. The molecule has 0 aromatic carbocycles. The quantitative estimate of drug-likeness (QED) is 0.651. The third kappa shape index (κ3) is 2.73. The zero-order valence-electron chi connectivity index (χ0n) is 6.81. The summed E-state index contributed by atoms with van der Waals surface area (Å²) in [5, 5.41) is 9.01. The average molecular weight is 194 g/mol. The van der Waals surface area contributed by atoms with Crippen molar-refractivity contribution in [1.29, 1.82) is 0 Å². The monoisotopic (exact) mass is 194 g/mol. The van der Waals surface area contributed by atoms with E-state index < -0.39 is 15.6 Å². The van der Waals surface area contributed by atoms with Crippen molar-refractivity contribution in [2.45, 2.75) is 37.5 Å². The number of hydrogen-bond acceptors (Lipinski definition) is 3. The molecule has 1 atom stereocenters. The predicted molar refractivity (Wildman–Crippen MR) is 44.1 cm³/mol. The second kappa shape index (κ2) is 3.72. The van der Waals surface area contributed by atoms with E-state index in [1.807, 2.05) is 0 Å². The highest BCUT2D eigenvalue weighted by molar-refractivity contribution is 7.86. The van der Waals surface area contributed by atoms with Crippen LogP contribution >= 0.6 is 0 Å². The highest BCUT2D eigenvalue weighted by atomic mass is 32.2. The lowest BCUT2D eigenvalue weighted by molar-refractivity contribution is 0.200.